The van der Waals surface area contributed by atoms with E-state index in [-0.39, 0.29) is 18.9 Å². The number of hydrogen-bond donors (Lipinski definition) is 0. The van der Waals surface area contributed by atoms with Gasteiger partial charge in [-0.1, -0.05) is 22.0 Å². The third-order valence-corrected chi connectivity index (χ3v) is 5.22. The van der Waals surface area contributed by atoms with Crippen molar-refractivity contribution in [3.63, 3.8) is 0 Å². The van der Waals surface area contributed by atoms with Crippen LogP contribution in [0.25, 0.3) is 0 Å². The van der Waals surface area contributed by atoms with E-state index in [1.807, 2.05) is 19.9 Å². The summed E-state index contributed by atoms with van der Waals surface area (Å²) >= 11 is 3.37. The second-order valence-corrected chi connectivity index (χ2v) is 7.17. The van der Waals surface area contributed by atoms with Gasteiger partial charge in [-0.05, 0) is 31.0 Å². The molecule has 0 radical (unpaired) electrons. The highest BCUT2D eigenvalue weighted by molar-refractivity contribution is 9.10. The van der Waals surface area contributed by atoms with Gasteiger partial charge in [-0.3, -0.25) is 4.79 Å². The predicted molar refractivity (Wildman–Crippen MR) is 74.4 cm³/mol. The normalized spacial score (nSPS) is 20.1. The van der Waals surface area contributed by atoms with Gasteiger partial charge in [-0.25, -0.2) is 0 Å². The number of nitrogens with zero attached hydrogens (tertiary/aromatic N) is 1. The van der Waals surface area contributed by atoms with E-state index in [0.29, 0.717) is 5.69 Å². The summed E-state index contributed by atoms with van der Waals surface area (Å²) in [5.74, 6) is -0.370. The molecule has 1 amide bonds. The topological polar surface area (TPSA) is 54.5 Å². The van der Waals surface area contributed by atoms with E-state index in [1.165, 1.54) is 4.90 Å². The van der Waals surface area contributed by atoms with E-state index in [1.54, 1.807) is 6.07 Å². The Bertz CT molecular complexity index is 645. The van der Waals surface area contributed by atoms with Gasteiger partial charge < -0.3 is 4.90 Å². The van der Waals surface area contributed by atoms with Crippen LogP contribution in [0.4, 0.5) is 9.57 Å². The summed E-state index contributed by atoms with van der Waals surface area (Å²) in [6.45, 7) is 3.62. The minimum absolute atomic E-state index is 0.131. The molecule has 2 rings (SSSR count). The largest absolute Gasteiger partial charge is 0.311 e. The minimum atomic E-state index is -4.68. The molecule has 0 aromatic heterocycles. The van der Waals surface area contributed by atoms with E-state index in [4.69, 9.17) is 0 Å². The van der Waals surface area contributed by atoms with Crippen LogP contribution in [0.1, 0.15) is 17.5 Å². The number of amides is 1. The molecule has 0 spiro atoms. The number of carbonyl (C=O) groups is 1. The van der Waals surface area contributed by atoms with Gasteiger partial charge >= 0.3 is 10.2 Å². The van der Waals surface area contributed by atoms with Crippen molar-refractivity contribution in [2.75, 3.05) is 11.4 Å². The maximum absolute atomic E-state index is 13.0. The summed E-state index contributed by atoms with van der Waals surface area (Å²) in [6.07, 6.45) is -0.302. The van der Waals surface area contributed by atoms with Crippen LogP contribution in [-0.2, 0) is 15.0 Å². The van der Waals surface area contributed by atoms with Gasteiger partial charge in [0.2, 0.25) is 5.91 Å². The summed E-state index contributed by atoms with van der Waals surface area (Å²) in [6, 6.07) is 3.65. The molecule has 7 heteroatoms. The van der Waals surface area contributed by atoms with Crippen LogP contribution in [0.5, 0.6) is 0 Å². The van der Waals surface area contributed by atoms with Crippen molar-refractivity contribution in [3.05, 3.63) is 27.7 Å². The Balaban J connectivity index is 2.39. The van der Waals surface area contributed by atoms with Crippen LogP contribution >= 0.6 is 15.9 Å². The fraction of sp³-hybridized carbons (Fsp3) is 0.417. The second-order valence-electron chi connectivity index (χ2n) is 4.69. The Hall–Kier alpha value is -0.950. The van der Waals surface area contributed by atoms with E-state index >= 15 is 0 Å². The minimum Gasteiger partial charge on any atom is -0.311 e. The molecule has 4 nitrogen and oxygen atoms in total. The molecular formula is C12H13BrFNO3S. The Morgan fingerprint density at radius 3 is 2.47 bits per heavy atom. The summed E-state index contributed by atoms with van der Waals surface area (Å²) in [4.78, 5) is 13.2. The fourth-order valence-corrected chi connectivity index (χ4v) is 3.20. The average molecular weight is 350 g/mol. The number of rotatable bonds is 2. The lowest BCUT2D eigenvalue weighted by Gasteiger charge is -2.19. The molecule has 1 unspecified atom stereocenters. The molecule has 1 aromatic rings. The van der Waals surface area contributed by atoms with Crippen molar-refractivity contribution in [1.82, 2.24) is 0 Å². The summed E-state index contributed by atoms with van der Waals surface area (Å²) < 4.78 is 35.6. The summed E-state index contributed by atoms with van der Waals surface area (Å²) in [5, 5.41) is -1.26. The molecule has 1 atom stereocenters. The average Bonchev–Trinajstić information content (AvgIpc) is 2.65. The zero-order valence-corrected chi connectivity index (χ0v) is 12.9. The smallest absolute Gasteiger partial charge is 0.307 e. The van der Waals surface area contributed by atoms with Gasteiger partial charge in [0.25, 0.3) is 0 Å². The molecule has 1 aromatic carbocycles. The number of aryl methyl sites for hydroxylation is 2. The number of anilines is 1. The standard InChI is InChI=1S/C12H13BrFNO3S/c1-7-3-8(2)11(5-10(7)13)15-6-9(4-12(15)16)19(14,17)18/h3,5,9H,4,6H2,1-2H3. The first kappa shape index (κ1) is 14.5. The first-order valence-corrected chi connectivity index (χ1v) is 7.94. The molecular weight excluding hydrogens is 337 g/mol. The van der Waals surface area contributed by atoms with Crippen LogP contribution in [0, 0.1) is 13.8 Å². The van der Waals surface area contributed by atoms with Gasteiger partial charge in [-0.2, -0.15) is 8.42 Å². The second kappa shape index (κ2) is 4.86. The zero-order chi connectivity index (χ0) is 14.4. The van der Waals surface area contributed by atoms with Crippen molar-refractivity contribution < 1.29 is 17.1 Å². The molecule has 1 aliphatic rings. The van der Waals surface area contributed by atoms with Crippen molar-refractivity contribution in [3.8, 4) is 0 Å². The van der Waals surface area contributed by atoms with Crippen molar-refractivity contribution >= 4 is 37.7 Å². The molecule has 1 fully saturated rings. The molecule has 0 aliphatic carbocycles. The molecule has 1 heterocycles. The van der Waals surface area contributed by atoms with Crippen molar-refractivity contribution in [1.29, 1.82) is 0 Å². The Labute approximate surface area is 119 Å². The van der Waals surface area contributed by atoms with Crippen LogP contribution in [0.15, 0.2) is 16.6 Å². The first-order valence-electron chi connectivity index (χ1n) is 5.70. The van der Waals surface area contributed by atoms with Gasteiger partial charge in [-0.15, -0.1) is 3.89 Å². The molecule has 0 N–H and O–H groups in total. The van der Waals surface area contributed by atoms with Crippen LogP contribution in [0.3, 0.4) is 0 Å². The van der Waals surface area contributed by atoms with Crippen LogP contribution in [0.2, 0.25) is 0 Å². The molecule has 104 valence electrons. The molecule has 0 bridgehead atoms. The Kier molecular flexibility index (Phi) is 3.70. The van der Waals surface area contributed by atoms with E-state index in [0.717, 1.165) is 15.6 Å². The quantitative estimate of drug-likeness (QED) is 0.770. The molecule has 1 saturated heterocycles. The van der Waals surface area contributed by atoms with E-state index in [2.05, 4.69) is 15.9 Å². The third-order valence-electron chi connectivity index (χ3n) is 3.26. The number of halogens is 2. The Morgan fingerprint density at radius 1 is 1.32 bits per heavy atom. The maximum atomic E-state index is 13.0. The van der Waals surface area contributed by atoms with Gasteiger partial charge in [0.15, 0.2) is 0 Å². The highest BCUT2D eigenvalue weighted by Crippen LogP contribution is 2.32. The third kappa shape index (κ3) is 2.81. The summed E-state index contributed by atoms with van der Waals surface area (Å²) in [7, 11) is -4.68. The predicted octanol–water partition coefficient (Wildman–Crippen LogP) is 2.47. The van der Waals surface area contributed by atoms with Gasteiger partial charge in [0.05, 0.1) is 0 Å². The van der Waals surface area contributed by atoms with Crippen molar-refractivity contribution in [2.24, 2.45) is 0 Å². The number of benzene rings is 1. The Morgan fingerprint density at radius 2 is 1.95 bits per heavy atom. The highest BCUT2D eigenvalue weighted by atomic mass is 79.9. The van der Waals surface area contributed by atoms with E-state index < -0.39 is 15.5 Å². The van der Waals surface area contributed by atoms with Crippen LogP contribution < -0.4 is 4.90 Å². The van der Waals surface area contributed by atoms with Gasteiger partial charge in [0, 0.05) is 23.1 Å². The van der Waals surface area contributed by atoms with Gasteiger partial charge in [0.1, 0.15) is 5.25 Å². The monoisotopic (exact) mass is 349 g/mol. The SMILES string of the molecule is Cc1cc(C)c(N2CC(S(=O)(=O)F)CC2=O)cc1Br. The van der Waals surface area contributed by atoms with Crippen molar-refractivity contribution in [2.45, 2.75) is 25.5 Å². The lowest BCUT2D eigenvalue weighted by molar-refractivity contribution is -0.117. The fourth-order valence-electron chi connectivity index (χ4n) is 2.20. The molecule has 0 saturated carbocycles. The first-order chi connectivity index (χ1) is 8.70. The zero-order valence-electron chi connectivity index (χ0n) is 10.5. The lowest BCUT2D eigenvalue weighted by atomic mass is 10.1. The lowest BCUT2D eigenvalue weighted by Crippen LogP contribution is -2.27. The number of carbonyl (C=O) groups excluding carboxylic acids is 1. The summed E-state index contributed by atoms with van der Waals surface area (Å²) in [5.41, 5.74) is 2.49. The molecule has 19 heavy (non-hydrogen) atoms. The number of hydrogen-bond acceptors (Lipinski definition) is 3. The maximum Gasteiger partial charge on any atom is 0.307 e. The van der Waals surface area contributed by atoms with E-state index in [9.17, 15) is 17.1 Å². The van der Waals surface area contributed by atoms with Crippen LogP contribution in [-0.4, -0.2) is 26.1 Å². The molecule has 1 aliphatic heterocycles. The highest BCUT2D eigenvalue weighted by Gasteiger charge is 2.39.